The number of halogens is 1. The molecule has 0 bridgehead atoms. The molecule has 30 heavy (non-hydrogen) atoms. The molecule has 0 saturated carbocycles. The number of hydrogen-bond donors (Lipinski definition) is 0. The van der Waals surface area contributed by atoms with Crippen molar-refractivity contribution in [1.82, 2.24) is 14.4 Å². The Morgan fingerprint density at radius 2 is 1.97 bits per heavy atom. The first kappa shape index (κ1) is 20.7. The summed E-state index contributed by atoms with van der Waals surface area (Å²) in [4.78, 5) is 4.61. The molecular formula is C22H24FN3O3S. The Morgan fingerprint density at radius 1 is 1.20 bits per heavy atom. The molecule has 0 unspecified atom stereocenters. The van der Waals surface area contributed by atoms with Gasteiger partial charge in [0.15, 0.2) is 0 Å². The predicted octanol–water partition coefficient (Wildman–Crippen LogP) is 4.60. The predicted molar refractivity (Wildman–Crippen MR) is 111 cm³/mol. The molecule has 0 spiro atoms. The van der Waals surface area contributed by atoms with Crippen molar-refractivity contribution in [2.24, 2.45) is 5.92 Å². The monoisotopic (exact) mass is 429 g/mol. The molecule has 0 amide bonds. The Hall–Kier alpha value is -2.58. The molecule has 2 aromatic carbocycles. The molecule has 1 aliphatic heterocycles. The summed E-state index contributed by atoms with van der Waals surface area (Å²) < 4.78 is 46.8. The maximum absolute atomic E-state index is 13.5. The fourth-order valence-electron chi connectivity index (χ4n) is 3.79. The molecule has 0 radical (unpaired) electrons. The Balaban J connectivity index is 1.59. The average Bonchev–Trinajstić information content (AvgIpc) is 3.38. The van der Waals surface area contributed by atoms with Crippen molar-refractivity contribution < 1.29 is 17.3 Å². The second-order valence-corrected chi connectivity index (χ2v) is 9.87. The van der Waals surface area contributed by atoms with Crippen LogP contribution in [-0.4, -0.2) is 29.4 Å². The lowest BCUT2D eigenvalue weighted by atomic mass is 10.0. The number of sulfonamides is 1. The minimum absolute atomic E-state index is 0.228. The first-order chi connectivity index (χ1) is 14.3. The summed E-state index contributed by atoms with van der Waals surface area (Å²) in [5.41, 5.74) is 1.59. The first-order valence-electron chi connectivity index (χ1n) is 10.0. The zero-order valence-corrected chi connectivity index (χ0v) is 17.8. The topological polar surface area (TPSA) is 76.3 Å². The highest BCUT2D eigenvalue weighted by Gasteiger charge is 2.39. The van der Waals surface area contributed by atoms with Gasteiger partial charge >= 0.3 is 0 Å². The molecular weight excluding hydrogens is 405 g/mol. The zero-order chi connectivity index (χ0) is 21.3. The van der Waals surface area contributed by atoms with Gasteiger partial charge in [0, 0.05) is 12.1 Å². The molecule has 0 N–H and O–H groups in total. The molecule has 1 fully saturated rings. The number of aromatic nitrogens is 2. The Morgan fingerprint density at radius 3 is 2.67 bits per heavy atom. The zero-order valence-electron chi connectivity index (χ0n) is 17.0. The summed E-state index contributed by atoms with van der Waals surface area (Å²) in [6, 6.07) is 12.4. The number of hydrogen-bond acceptors (Lipinski definition) is 5. The van der Waals surface area contributed by atoms with E-state index < -0.39 is 21.9 Å². The lowest BCUT2D eigenvalue weighted by Crippen LogP contribution is -2.30. The van der Waals surface area contributed by atoms with E-state index in [9.17, 15) is 12.8 Å². The normalized spacial score (nSPS) is 17.7. The molecule has 4 rings (SSSR count). The third-order valence-electron chi connectivity index (χ3n) is 5.19. The van der Waals surface area contributed by atoms with Gasteiger partial charge in [-0.1, -0.05) is 43.3 Å². The van der Waals surface area contributed by atoms with Crippen molar-refractivity contribution >= 4 is 10.0 Å². The molecule has 1 aliphatic rings. The largest absolute Gasteiger partial charge is 0.337 e. The van der Waals surface area contributed by atoms with Crippen LogP contribution < -0.4 is 0 Å². The van der Waals surface area contributed by atoms with Crippen molar-refractivity contribution in [2.75, 3.05) is 6.54 Å². The van der Waals surface area contributed by atoms with Crippen LogP contribution in [0.25, 0.3) is 11.4 Å². The Bertz CT molecular complexity index is 1130. The van der Waals surface area contributed by atoms with E-state index in [0.29, 0.717) is 30.9 Å². The smallest absolute Gasteiger partial charge is 0.245 e. The maximum Gasteiger partial charge on any atom is 0.245 e. The minimum Gasteiger partial charge on any atom is -0.337 e. The van der Waals surface area contributed by atoms with E-state index in [0.717, 1.165) is 12.0 Å². The number of benzene rings is 2. The number of nitrogens with zero attached hydrogens (tertiary/aromatic N) is 3. The van der Waals surface area contributed by atoms with Crippen LogP contribution in [0.2, 0.25) is 0 Å². The van der Waals surface area contributed by atoms with Crippen LogP contribution >= 0.6 is 0 Å². The van der Waals surface area contributed by atoms with Crippen LogP contribution in [0.1, 0.15) is 44.2 Å². The lowest BCUT2D eigenvalue weighted by molar-refractivity contribution is 0.290. The highest BCUT2D eigenvalue weighted by molar-refractivity contribution is 7.89. The highest BCUT2D eigenvalue weighted by atomic mass is 32.2. The van der Waals surface area contributed by atoms with Crippen LogP contribution in [0, 0.1) is 11.7 Å². The summed E-state index contributed by atoms with van der Waals surface area (Å²) >= 11 is 0. The van der Waals surface area contributed by atoms with Crippen molar-refractivity contribution in [3.8, 4) is 11.4 Å². The summed E-state index contributed by atoms with van der Waals surface area (Å²) in [5, 5.41) is 3.93. The second kappa shape index (κ2) is 8.28. The van der Waals surface area contributed by atoms with Gasteiger partial charge in [-0.15, -0.1) is 0 Å². The van der Waals surface area contributed by atoms with Gasteiger partial charge in [0.25, 0.3) is 0 Å². The quantitative estimate of drug-likeness (QED) is 0.572. The van der Waals surface area contributed by atoms with Gasteiger partial charge in [0.1, 0.15) is 11.9 Å². The van der Waals surface area contributed by atoms with Crippen LogP contribution in [0.3, 0.4) is 0 Å². The minimum atomic E-state index is -3.70. The average molecular weight is 430 g/mol. The van der Waals surface area contributed by atoms with Gasteiger partial charge in [-0.3, -0.25) is 0 Å². The van der Waals surface area contributed by atoms with E-state index in [1.54, 1.807) is 24.3 Å². The summed E-state index contributed by atoms with van der Waals surface area (Å²) in [6.07, 6.45) is 2.19. The van der Waals surface area contributed by atoms with Gasteiger partial charge in [-0.25, -0.2) is 12.8 Å². The molecule has 1 saturated heterocycles. The van der Waals surface area contributed by atoms with Gasteiger partial charge < -0.3 is 4.52 Å². The highest BCUT2D eigenvalue weighted by Crippen LogP contribution is 2.36. The van der Waals surface area contributed by atoms with Gasteiger partial charge in [0.2, 0.25) is 21.7 Å². The number of rotatable bonds is 6. The van der Waals surface area contributed by atoms with E-state index >= 15 is 0 Å². The molecule has 2 heterocycles. The van der Waals surface area contributed by atoms with Gasteiger partial charge in [-0.05, 0) is 55.0 Å². The Kier molecular flexibility index (Phi) is 5.71. The SMILES string of the molecule is CC(C)Cc1ccc(S(=O)(=O)N2CCC[C@H]2c2nc(-c3cccc(F)c3)no2)cc1. The van der Waals surface area contributed by atoms with E-state index in [2.05, 4.69) is 24.0 Å². The fraction of sp³-hybridized carbons (Fsp3) is 0.364. The molecule has 158 valence electrons. The maximum atomic E-state index is 13.5. The van der Waals surface area contributed by atoms with Crippen molar-refractivity contribution in [1.29, 1.82) is 0 Å². The van der Waals surface area contributed by atoms with Crippen molar-refractivity contribution in [3.05, 3.63) is 65.8 Å². The standard InChI is InChI=1S/C22H24FN3O3S/c1-15(2)13-16-8-10-19(11-9-16)30(27,28)26-12-4-7-20(26)22-24-21(25-29-22)17-5-3-6-18(23)14-17/h3,5-6,8-11,14-15,20H,4,7,12-13H2,1-2H3/t20-/m0/s1. The molecule has 6 nitrogen and oxygen atoms in total. The van der Waals surface area contributed by atoms with Gasteiger partial charge in [-0.2, -0.15) is 9.29 Å². The van der Waals surface area contributed by atoms with Crippen LogP contribution in [0.5, 0.6) is 0 Å². The molecule has 1 atom stereocenters. The fourth-order valence-corrected chi connectivity index (χ4v) is 5.45. The summed E-state index contributed by atoms with van der Waals surface area (Å²) in [6.45, 7) is 4.64. The van der Waals surface area contributed by atoms with Crippen molar-refractivity contribution in [3.63, 3.8) is 0 Å². The van der Waals surface area contributed by atoms with Crippen LogP contribution in [0.4, 0.5) is 4.39 Å². The van der Waals surface area contributed by atoms with E-state index in [-0.39, 0.29) is 16.6 Å². The first-order valence-corrected chi connectivity index (χ1v) is 11.5. The molecule has 1 aromatic heterocycles. The summed E-state index contributed by atoms with van der Waals surface area (Å²) in [5.74, 6) is 0.573. The molecule has 3 aromatic rings. The molecule has 8 heteroatoms. The van der Waals surface area contributed by atoms with E-state index in [1.807, 2.05) is 12.1 Å². The van der Waals surface area contributed by atoms with E-state index in [1.165, 1.54) is 16.4 Å². The third kappa shape index (κ3) is 4.15. The summed E-state index contributed by atoms with van der Waals surface area (Å²) in [7, 11) is -3.70. The molecule has 0 aliphatic carbocycles. The van der Waals surface area contributed by atoms with Crippen molar-refractivity contribution in [2.45, 2.75) is 44.0 Å². The third-order valence-corrected chi connectivity index (χ3v) is 7.11. The second-order valence-electron chi connectivity index (χ2n) is 7.98. The Labute approximate surface area is 175 Å². The van der Waals surface area contributed by atoms with E-state index in [4.69, 9.17) is 4.52 Å². The van der Waals surface area contributed by atoms with Crippen LogP contribution in [-0.2, 0) is 16.4 Å². The lowest BCUT2D eigenvalue weighted by Gasteiger charge is -2.21. The van der Waals surface area contributed by atoms with Crippen LogP contribution in [0.15, 0.2) is 57.9 Å². The van der Waals surface area contributed by atoms with Gasteiger partial charge in [0.05, 0.1) is 4.90 Å².